The number of hydrogen-bond donors (Lipinski definition) is 1. The van der Waals surface area contributed by atoms with Gasteiger partial charge in [-0.1, -0.05) is 6.92 Å². The van der Waals surface area contributed by atoms with Crippen LogP contribution >= 0.6 is 0 Å². The van der Waals surface area contributed by atoms with E-state index < -0.39 is 0 Å². The van der Waals surface area contributed by atoms with Gasteiger partial charge in [0.15, 0.2) is 11.6 Å². The van der Waals surface area contributed by atoms with Crippen molar-refractivity contribution < 1.29 is 0 Å². The largest absolute Gasteiger partial charge is 0.307 e. The van der Waals surface area contributed by atoms with E-state index in [2.05, 4.69) is 32.2 Å². The van der Waals surface area contributed by atoms with Gasteiger partial charge in [-0.05, 0) is 12.5 Å². The molecule has 3 heterocycles. The summed E-state index contributed by atoms with van der Waals surface area (Å²) in [6.07, 6.45) is 4.33. The van der Waals surface area contributed by atoms with Gasteiger partial charge < -0.3 is 5.32 Å². The molecule has 2 aromatic heterocycles. The van der Waals surface area contributed by atoms with Crippen molar-refractivity contribution in [2.45, 2.75) is 26.4 Å². The summed E-state index contributed by atoms with van der Waals surface area (Å²) in [6, 6.07) is 1.79. The number of nitrogens with one attached hydrogen (secondary N) is 1. The molecule has 0 spiro atoms. The summed E-state index contributed by atoms with van der Waals surface area (Å²) < 4.78 is 0. The molecule has 1 aliphatic heterocycles. The number of nitrogens with zero attached hydrogens (tertiary/aromatic N) is 4. The smallest absolute Gasteiger partial charge is 0.198 e. The molecule has 0 atom stereocenters. The number of fused-ring (bicyclic) bond motifs is 1. The molecule has 0 aromatic carbocycles. The Bertz CT molecular complexity index is 538. The van der Waals surface area contributed by atoms with Crippen molar-refractivity contribution in [2.24, 2.45) is 0 Å². The summed E-state index contributed by atoms with van der Waals surface area (Å²) in [5.74, 6) is 1.22. The van der Waals surface area contributed by atoms with Crippen LogP contribution in [0.4, 0.5) is 0 Å². The predicted molar refractivity (Wildman–Crippen MR) is 63.0 cm³/mol. The van der Waals surface area contributed by atoms with E-state index in [0.717, 1.165) is 30.9 Å². The van der Waals surface area contributed by atoms with E-state index in [4.69, 9.17) is 0 Å². The van der Waals surface area contributed by atoms with Gasteiger partial charge in [-0.3, -0.25) is 0 Å². The lowest BCUT2D eigenvalue weighted by molar-refractivity contribution is 0.755. The number of hydrogen-bond acceptors (Lipinski definition) is 5. The van der Waals surface area contributed by atoms with Gasteiger partial charge in [-0.25, -0.2) is 19.9 Å². The highest BCUT2D eigenvalue weighted by Crippen LogP contribution is 2.20. The quantitative estimate of drug-likeness (QED) is 0.832. The van der Waals surface area contributed by atoms with E-state index in [-0.39, 0.29) is 0 Å². The molecular formula is C12H13N5. The summed E-state index contributed by atoms with van der Waals surface area (Å²) in [5, 5.41) is 3.30. The normalized spacial score (nSPS) is 13.7. The monoisotopic (exact) mass is 227 g/mol. The maximum atomic E-state index is 4.56. The molecule has 5 heteroatoms. The van der Waals surface area contributed by atoms with E-state index in [1.165, 1.54) is 5.56 Å². The fourth-order valence-corrected chi connectivity index (χ4v) is 2.05. The van der Waals surface area contributed by atoms with E-state index in [0.29, 0.717) is 11.6 Å². The molecule has 2 aromatic rings. The molecule has 0 radical (unpaired) electrons. The van der Waals surface area contributed by atoms with Crippen LogP contribution in [-0.2, 0) is 19.5 Å². The Kier molecular flexibility index (Phi) is 2.53. The van der Waals surface area contributed by atoms with Gasteiger partial charge in [-0.15, -0.1) is 0 Å². The highest BCUT2D eigenvalue weighted by atomic mass is 15.0. The summed E-state index contributed by atoms with van der Waals surface area (Å²) >= 11 is 0. The van der Waals surface area contributed by atoms with Gasteiger partial charge in [0.2, 0.25) is 0 Å². The lowest BCUT2D eigenvalue weighted by atomic mass is 10.1. The second-order valence-electron chi connectivity index (χ2n) is 3.95. The zero-order valence-electron chi connectivity index (χ0n) is 9.64. The van der Waals surface area contributed by atoms with Crippen LogP contribution in [0.2, 0.25) is 0 Å². The molecule has 0 saturated carbocycles. The van der Waals surface area contributed by atoms with Gasteiger partial charge in [-0.2, -0.15) is 0 Å². The van der Waals surface area contributed by atoms with Gasteiger partial charge in [0.05, 0.1) is 5.69 Å². The van der Waals surface area contributed by atoms with Crippen molar-refractivity contribution >= 4 is 0 Å². The number of aryl methyl sites for hydroxylation is 1. The Balaban J connectivity index is 2.13. The topological polar surface area (TPSA) is 63.6 Å². The van der Waals surface area contributed by atoms with Crippen LogP contribution in [0, 0.1) is 0 Å². The Morgan fingerprint density at radius 3 is 2.71 bits per heavy atom. The molecule has 0 saturated heterocycles. The van der Waals surface area contributed by atoms with Gasteiger partial charge in [0.1, 0.15) is 0 Å². The van der Waals surface area contributed by atoms with Crippen molar-refractivity contribution in [3.8, 4) is 11.6 Å². The Hall–Kier alpha value is -1.88. The maximum Gasteiger partial charge on any atom is 0.198 e. The highest BCUT2D eigenvalue weighted by Gasteiger charge is 2.19. The molecule has 1 N–H and O–H groups in total. The van der Waals surface area contributed by atoms with E-state index in [9.17, 15) is 0 Å². The van der Waals surface area contributed by atoms with Crippen molar-refractivity contribution in [1.29, 1.82) is 0 Å². The molecule has 3 rings (SSSR count). The Labute approximate surface area is 99.4 Å². The second kappa shape index (κ2) is 4.18. The van der Waals surface area contributed by atoms with Gasteiger partial charge in [0.25, 0.3) is 0 Å². The number of rotatable bonds is 2. The zero-order chi connectivity index (χ0) is 11.7. The first-order valence-electron chi connectivity index (χ1n) is 5.75. The average Bonchev–Trinajstić information content (AvgIpc) is 2.86. The predicted octanol–water partition coefficient (Wildman–Crippen LogP) is 1.10. The van der Waals surface area contributed by atoms with Crippen LogP contribution in [0.5, 0.6) is 0 Å². The van der Waals surface area contributed by atoms with Crippen LogP contribution in [0.15, 0.2) is 18.5 Å². The molecule has 17 heavy (non-hydrogen) atoms. The van der Waals surface area contributed by atoms with Crippen molar-refractivity contribution in [3.05, 3.63) is 35.4 Å². The molecule has 0 unspecified atom stereocenters. The fourth-order valence-electron chi connectivity index (χ4n) is 2.05. The first-order chi connectivity index (χ1) is 8.38. The van der Waals surface area contributed by atoms with Crippen molar-refractivity contribution in [3.63, 3.8) is 0 Å². The first kappa shape index (κ1) is 10.3. The molecular weight excluding hydrogens is 214 g/mol. The molecule has 0 bridgehead atoms. The first-order valence-corrected chi connectivity index (χ1v) is 5.75. The van der Waals surface area contributed by atoms with Crippen LogP contribution < -0.4 is 5.32 Å². The van der Waals surface area contributed by atoms with Crippen molar-refractivity contribution in [1.82, 2.24) is 25.3 Å². The third-order valence-corrected chi connectivity index (χ3v) is 2.87. The van der Waals surface area contributed by atoms with Crippen LogP contribution in [0.1, 0.15) is 23.9 Å². The summed E-state index contributed by atoms with van der Waals surface area (Å²) in [6.45, 7) is 3.79. The highest BCUT2D eigenvalue weighted by molar-refractivity contribution is 5.45. The SMILES string of the molecule is CCc1nc(-c2ncccn2)nc2c1CNC2. The molecule has 1 aliphatic rings. The van der Waals surface area contributed by atoms with Crippen molar-refractivity contribution in [2.75, 3.05) is 0 Å². The zero-order valence-corrected chi connectivity index (χ0v) is 9.64. The van der Waals surface area contributed by atoms with Gasteiger partial charge in [0, 0.05) is 36.7 Å². The summed E-state index contributed by atoms with van der Waals surface area (Å²) in [4.78, 5) is 17.5. The van der Waals surface area contributed by atoms with Gasteiger partial charge >= 0.3 is 0 Å². The van der Waals surface area contributed by atoms with E-state index >= 15 is 0 Å². The third kappa shape index (κ3) is 1.78. The molecule has 5 nitrogen and oxygen atoms in total. The summed E-state index contributed by atoms with van der Waals surface area (Å²) in [7, 11) is 0. The minimum atomic E-state index is 0.594. The van der Waals surface area contributed by atoms with Crippen LogP contribution in [-0.4, -0.2) is 19.9 Å². The maximum absolute atomic E-state index is 4.56. The minimum absolute atomic E-state index is 0.594. The summed E-state index contributed by atoms with van der Waals surface area (Å²) in [5.41, 5.74) is 3.42. The fraction of sp³-hybridized carbons (Fsp3) is 0.333. The average molecular weight is 227 g/mol. The van der Waals surface area contributed by atoms with E-state index in [1.807, 2.05) is 0 Å². The molecule has 0 amide bonds. The second-order valence-corrected chi connectivity index (χ2v) is 3.95. The standard InChI is InChI=1S/C12H13N5/c1-2-9-8-6-13-7-10(8)17-12(16-9)11-14-4-3-5-15-11/h3-5,13H,2,6-7H2,1H3. The molecule has 0 fully saturated rings. The molecule has 86 valence electrons. The molecule has 0 aliphatic carbocycles. The lowest BCUT2D eigenvalue weighted by Gasteiger charge is -2.06. The number of aromatic nitrogens is 4. The van der Waals surface area contributed by atoms with E-state index in [1.54, 1.807) is 18.5 Å². The Morgan fingerprint density at radius 1 is 1.12 bits per heavy atom. The lowest BCUT2D eigenvalue weighted by Crippen LogP contribution is -2.04. The van der Waals surface area contributed by atoms with Crippen LogP contribution in [0.3, 0.4) is 0 Å². The van der Waals surface area contributed by atoms with Crippen LogP contribution in [0.25, 0.3) is 11.6 Å². The third-order valence-electron chi connectivity index (χ3n) is 2.87. The minimum Gasteiger partial charge on any atom is -0.307 e. The Morgan fingerprint density at radius 2 is 1.94 bits per heavy atom.